The lowest BCUT2D eigenvalue weighted by molar-refractivity contribution is -0.155. The van der Waals surface area contributed by atoms with Crippen molar-refractivity contribution in [2.24, 2.45) is 0 Å². The zero-order valence-electron chi connectivity index (χ0n) is 11.2. The zero-order chi connectivity index (χ0) is 17.0. The number of hydrogen-bond donors (Lipinski definition) is 3. The second-order valence-corrected chi connectivity index (χ2v) is 3.25. The monoisotopic (exact) mass is 302 g/mol. The molecule has 0 bridgehead atoms. The molecule has 9 heteroatoms. The van der Waals surface area contributed by atoms with E-state index in [1.165, 1.54) is 0 Å². The Kier molecular flexibility index (Phi) is 10.6. The van der Waals surface area contributed by atoms with Gasteiger partial charge in [-0.1, -0.05) is 6.92 Å². The van der Waals surface area contributed by atoms with Crippen molar-refractivity contribution in [1.29, 1.82) is 0 Å². The van der Waals surface area contributed by atoms with Gasteiger partial charge in [-0.05, 0) is 6.42 Å². The van der Waals surface area contributed by atoms with Gasteiger partial charge in [0.25, 0.3) is 0 Å². The second-order valence-electron chi connectivity index (χ2n) is 3.25. The second kappa shape index (κ2) is 10.9. The minimum atomic E-state index is -1.26. The Balaban J connectivity index is 0. The lowest BCUT2D eigenvalue weighted by Gasteiger charge is -2.00. The van der Waals surface area contributed by atoms with Crippen molar-refractivity contribution >= 4 is 29.8 Å². The SMILES string of the molecule is CC/C(=C/C(=O)O)C(=O)OC(C)=O.O=C(O)/C=C\C(=O)O. The largest absolute Gasteiger partial charge is 0.478 e. The topological polar surface area (TPSA) is 155 Å². The molecule has 0 radical (unpaired) electrons. The number of esters is 2. The molecule has 0 rings (SSSR count). The van der Waals surface area contributed by atoms with E-state index in [-0.39, 0.29) is 12.0 Å². The van der Waals surface area contributed by atoms with E-state index in [1.807, 2.05) is 0 Å². The van der Waals surface area contributed by atoms with Crippen LogP contribution in [0, 0.1) is 0 Å². The number of rotatable bonds is 5. The van der Waals surface area contributed by atoms with Crippen LogP contribution in [-0.2, 0) is 28.7 Å². The maximum Gasteiger partial charge on any atom is 0.341 e. The molecule has 0 aromatic rings. The van der Waals surface area contributed by atoms with Crippen LogP contribution in [0.4, 0.5) is 0 Å². The average Bonchev–Trinajstić information content (AvgIpc) is 2.33. The van der Waals surface area contributed by atoms with Gasteiger partial charge in [0.15, 0.2) is 0 Å². The predicted octanol–water partition coefficient (Wildman–Crippen LogP) is 0.209. The first-order valence-corrected chi connectivity index (χ1v) is 5.40. The molecule has 0 unspecified atom stereocenters. The third-order valence-corrected chi connectivity index (χ3v) is 1.55. The number of carbonyl (C=O) groups excluding carboxylic acids is 2. The minimum absolute atomic E-state index is 0.0392. The van der Waals surface area contributed by atoms with Gasteiger partial charge in [0.2, 0.25) is 0 Å². The van der Waals surface area contributed by atoms with Crippen LogP contribution in [0.2, 0.25) is 0 Å². The van der Waals surface area contributed by atoms with Gasteiger partial charge in [-0.3, -0.25) is 4.79 Å². The van der Waals surface area contributed by atoms with Crippen molar-refractivity contribution in [3.8, 4) is 0 Å². The van der Waals surface area contributed by atoms with Gasteiger partial charge < -0.3 is 20.1 Å². The number of carbonyl (C=O) groups is 5. The van der Waals surface area contributed by atoms with Crippen molar-refractivity contribution in [1.82, 2.24) is 0 Å². The molecule has 0 heterocycles. The van der Waals surface area contributed by atoms with Gasteiger partial charge in [0, 0.05) is 30.7 Å². The highest BCUT2D eigenvalue weighted by molar-refractivity contribution is 5.99. The molecule has 0 atom stereocenters. The number of carboxylic acids is 3. The third kappa shape index (κ3) is 15.0. The Hall–Kier alpha value is -2.97. The summed E-state index contributed by atoms with van der Waals surface area (Å²) in [4.78, 5) is 50.6. The summed E-state index contributed by atoms with van der Waals surface area (Å²) in [6, 6.07) is 0. The zero-order valence-corrected chi connectivity index (χ0v) is 11.2. The highest BCUT2D eigenvalue weighted by Gasteiger charge is 2.12. The molecule has 3 N–H and O–H groups in total. The first kappa shape index (κ1) is 20.3. The van der Waals surface area contributed by atoms with Crippen molar-refractivity contribution in [3.05, 3.63) is 23.8 Å². The standard InChI is InChI=1S/C8H10O5.C4H4O4/c1-3-6(4-7(10)11)8(12)13-5(2)9;5-3(6)1-2-4(7)8/h4H,3H2,1-2H3,(H,10,11);1-2H,(H,5,6)(H,7,8)/b6-4-;2-1-. The van der Waals surface area contributed by atoms with E-state index in [2.05, 4.69) is 4.74 Å². The van der Waals surface area contributed by atoms with Gasteiger partial charge in [-0.15, -0.1) is 0 Å². The molecule has 0 aliphatic heterocycles. The molecule has 0 spiro atoms. The van der Waals surface area contributed by atoms with E-state index < -0.39 is 29.8 Å². The predicted molar refractivity (Wildman–Crippen MR) is 67.2 cm³/mol. The Morgan fingerprint density at radius 2 is 1.33 bits per heavy atom. The van der Waals surface area contributed by atoms with Crippen LogP contribution < -0.4 is 0 Å². The van der Waals surface area contributed by atoms with E-state index in [4.69, 9.17) is 15.3 Å². The molecule has 0 saturated heterocycles. The van der Waals surface area contributed by atoms with Crippen LogP contribution in [-0.4, -0.2) is 45.2 Å². The Labute approximate surface area is 119 Å². The third-order valence-electron chi connectivity index (χ3n) is 1.55. The minimum Gasteiger partial charge on any atom is -0.478 e. The summed E-state index contributed by atoms with van der Waals surface area (Å²) in [5, 5.41) is 24.0. The molecule has 21 heavy (non-hydrogen) atoms. The molecule has 0 aromatic heterocycles. The van der Waals surface area contributed by atoms with Crippen LogP contribution in [0.25, 0.3) is 0 Å². The maximum absolute atomic E-state index is 10.9. The van der Waals surface area contributed by atoms with Gasteiger partial charge in [0.05, 0.1) is 0 Å². The summed E-state index contributed by atoms with van der Waals surface area (Å²) in [5.74, 6) is -5.41. The fourth-order valence-corrected chi connectivity index (χ4v) is 0.793. The fourth-order valence-electron chi connectivity index (χ4n) is 0.793. The van der Waals surface area contributed by atoms with Gasteiger partial charge in [-0.25, -0.2) is 19.2 Å². The van der Waals surface area contributed by atoms with Crippen LogP contribution >= 0.6 is 0 Å². The molecule has 0 fully saturated rings. The summed E-state index contributed by atoms with van der Waals surface area (Å²) in [5.41, 5.74) is -0.0392. The Morgan fingerprint density at radius 1 is 0.905 bits per heavy atom. The van der Waals surface area contributed by atoms with E-state index >= 15 is 0 Å². The molecule has 0 saturated carbocycles. The van der Waals surface area contributed by atoms with Crippen LogP contribution in [0.5, 0.6) is 0 Å². The van der Waals surface area contributed by atoms with Crippen molar-refractivity contribution in [2.45, 2.75) is 20.3 Å². The highest BCUT2D eigenvalue weighted by atomic mass is 16.6. The van der Waals surface area contributed by atoms with Crippen LogP contribution in [0.15, 0.2) is 23.8 Å². The number of carboxylic acid groups (broad SMARTS) is 3. The quantitative estimate of drug-likeness (QED) is 0.367. The summed E-state index contributed by atoms with van der Waals surface area (Å²) < 4.78 is 4.19. The molecular weight excluding hydrogens is 288 g/mol. The van der Waals surface area contributed by atoms with Crippen molar-refractivity contribution < 1.29 is 44.0 Å². The fraction of sp³-hybridized carbons (Fsp3) is 0.250. The molecule has 0 amide bonds. The molecule has 116 valence electrons. The lowest BCUT2D eigenvalue weighted by Crippen LogP contribution is -2.12. The Morgan fingerprint density at radius 3 is 1.57 bits per heavy atom. The summed E-state index contributed by atoms with van der Waals surface area (Å²) in [7, 11) is 0. The number of aliphatic carboxylic acids is 3. The van der Waals surface area contributed by atoms with Crippen LogP contribution in [0.3, 0.4) is 0 Å². The molecule has 9 nitrogen and oxygen atoms in total. The smallest absolute Gasteiger partial charge is 0.341 e. The molecule has 0 aliphatic rings. The van der Waals surface area contributed by atoms with E-state index in [0.29, 0.717) is 12.2 Å². The van der Waals surface area contributed by atoms with E-state index in [9.17, 15) is 24.0 Å². The summed E-state index contributed by atoms with van der Waals surface area (Å²) in [6.45, 7) is 2.67. The summed E-state index contributed by atoms with van der Waals surface area (Å²) >= 11 is 0. The Bertz CT molecular complexity index is 469. The van der Waals surface area contributed by atoms with E-state index in [0.717, 1.165) is 13.0 Å². The molecule has 0 aliphatic carbocycles. The number of hydrogen-bond acceptors (Lipinski definition) is 6. The highest BCUT2D eigenvalue weighted by Crippen LogP contribution is 2.03. The normalized spacial score (nSPS) is 10.3. The van der Waals surface area contributed by atoms with Crippen molar-refractivity contribution in [3.63, 3.8) is 0 Å². The first-order valence-electron chi connectivity index (χ1n) is 5.40. The van der Waals surface area contributed by atoms with Gasteiger partial charge in [0.1, 0.15) is 0 Å². The average molecular weight is 302 g/mol. The number of ether oxygens (including phenoxy) is 1. The van der Waals surface area contributed by atoms with Gasteiger partial charge in [-0.2, -0.15) is 0 Å². The molecular formula is C12H14O9. The first-order chi connectivity index (χ1) is 9.59. The van der Waals surface area contributed by atoms with Gasteiger partial charge >= 0.3 is 29.8 Å². The van der Waals surface area contributed by atoms with Crippen molar-refractivity contribution in [2.75, 3.05) is 0 Å². The van der Waals surface area contributed by atoms with Crippen LogP contribution in [0.1, 0.15) is 20.3 Å². The lowest BCUT2D eigenvalue weighted by atomic mass is 10.2. The molecule has 0 aromatic carbocycles. The van der Waals surface area contributed by atoms with E-state index in [1.54, 1.807) is 6.92 Å². The summed E-state index contributed by atoms with van der Waals surface area (Å²) in [6.07, 6.45) is 2.05. The maximum atomic E-state index is 10.9.